The lowest BCUT2D eigenvalue weighted by atomic mass is 10.0. The zero-order chi connectivity index (χ0) is 17.9. The Labute approximate surface area is 148 Å². The van der Waals surface area contributed by atoms with Crippen molar-refractivity contribution in [1.29, 1.82) is 0 Å². The summed E-state index contributed by atoms with van der Waals surface area (Å²) >= 11 is 0. The number of aryl methyl sites for hydroxylation is 1. The lowest BCUT2D eigenvalue weighted by Crippen LogP contribution is -2.49. The maximum absolute atomic E-state index is 12.4. The van der Waals surface area contributed by atoms with Crippen molar-refractivity contribution in [3.8, 4) is 0 Å². The molecule has 1 atom stereocenters. The zero-order valence-electron chi connectivity index (χ0n) is 15.1. The molecular formula is C17H28N4O4. The van der Waals surface area contributed by atoms with E-state index in [1.807, 2.05) is 13.8 Å². The van der Waals surface area contributed by atoms with Gasteiger partial charge in [0, 0.05) is 44.9 Å². The lowest BCUT2D eigenvalue weighted by molar-refractivity contribution is -0.131. The fourth-order valence-corrected chi connectivity index (χ4v) is 3.35. The molecule has 0 aromatic carbocycles. The number of carbonyl (C=O) groups is 1. The third kappa shape index (κ3) is 4.77. The van der Waals surface area contributed by atoms with Gasteiger partial charge in [0.15, 0.2) is 0 Å². The summed E-state index contributed by atoms with van der Waals surface area (Å²) < 4.78 is 10.9. The summed E-state index contributed by atoms with van der Waals surface area (Å²) in [5.74, 6) is 1.32. The lowest BCUT2D eigenvalue weighted by Gasteiger charge is -2.33. The molecule has 2 fully saturated rings. The van der Waals surface area contributed by atoms with Crippen molar-refractivity contribution in [2.24, 2.45) is 0 Å². The van der Waals surface area contributed by atoms with Crippen LogP contribution in [0.2, 0.25) is 0 Å². The SMILES string of the molecule is CC(C)c1nnc(CCC(=O)N2CCC(O)(CN3CCOCC3)C2)o1. The van der Waals surface area contributed by atoms with Gasteiger partial charge in [0.05, 0.1) is 25.4 Å². The highest BCUT2D eigenvalue weighted by Crippen LogP contribution is 2.24. The molecule has 1 amide bonds. The van der Waals surface area contributed by atoms with Gasteiger partial charge in [-0.15, -0.1) is 10.2 Å². The summed E-state index contributed by atoms with van der Waals surface area (Å²) in [7, 11) is 0. The highest BCUT2D eigenvalue weighted by atomic mass is 16.5. The average molecular weight is 352 g/mol. The van der Waals surface area contributed by atoms with E-state index in [9.17, 15) is 9.90 Å². The van der Waals surface area contributed by atoms with Gasteiger partial charge in [-0.3, -0.25) is 9.69 Å². The summed E-state index contributed by atoms with van der Waals surface area (Å²) in [6, 6.07) is 0. The number of hydrogen-bond acceptors (Lipinski definition) is 7. The first-order chi connectivity index (χ1) is 12.0. The standard InChI is InChI=1S/C17H28N4O4/c1-13(2)16-19-18-14(25-16)3-4-15(22)21-6-5-17(23,12-21)11-20-7-9-24-10-8-20/h13,23H,3-12H2,1-2H3. The van der Waals surface area contributed by atoms with Crippen LogP contribution in [0.4, 0.5) is 0 Å². The van der Waals surface area contributed by atoms with Gasteiger partial charge >= 0.3 is 0 Å². The summed E-state index contributed by atoms with van der Waals surface area (Å²) in [6.07, 6.45) is 1.39. The molecule has 8 nitrogen and oxygen atoms in total. The van der Waals surface area contributed by atoms with Crippen LogP contribution in [0.1, 0.15) is 44.4 Å². The number of likely N-dealkylation sites (tertiary alicyclic amines) is 1. The highest BCUT2D eigenvalue weighted by Gasteiger charge is 2.39. The molecule has 1 aromatic rings. The molecule has 2 saturated heterocycles. The van der Waals surface area contributed by atoms with Crippen LogP contribution in [0.15, 0.2) is 4.42 Å². The van der Waals surface area contributed by atoms with Crippen LogP contribution < -0.4 is 0 Å². The number of hydrogen-bond donors (Lipinski definition) is 1. The van der Waals surface area contributed by atoms with Crippen LogP contribution in [0.3, 0.4) is 0 Å². The number of rotatable bonds is 6. The maximum atomic E-state index is 12.4. The molecule has 1 unspecified atom stereocenters. The van der Waals surface area contributed by atoms with Crippen LogP contribution in [0.5, 0.6) is 0 Å². The first-order valence-electron chi connectivity index (χ1n) is 9.08. The number of morpholine rings is 1. The van der Waals surface area contributed by atoms with E-state index < -0.39 is 5.60 Å². The maximum Gasteiger partial charge on any atom is 0.223 e. The molecule has 0 aliphatic carbocycles. The quantitative estimate of drug-likeness (QED) is 0.793. The van der Waals surface area contributed by atoms with Gasteiger partial charge in [0.25, 0.3) is 0 Å². The fraction of sp³-hybridized carbons (Fsp3) is 0.824. The van der Waals surface area contributed by atoms with Crippen molar-refractivity contribution in [1.82, 2.24) is 20.0 Å². The molecule has 25 heavy (non-hydrogen) atoms. The second-order valence-electron chi connectivity index (χ2n) is 7.37. The van der Waals surface area contributed by atoms with Gasteiger partial charge in [0.2, 0.25) is 17.7 Å². The zero-order valence-corrected chi connectivity index (χ0v) is 15.1. The van der Waals surface area contributed by atoms with Crippen LogP contribution in [0, 0.1) is 0 Å². The molecule has 1 aromatic heterocycles. The largest absolute Gasteiger partial charge is 0.425 e. The molecule has 0 saturated carbocycles. The van der Waals surface area contributed by atoms with Crippen LogP contribution in [-0.2, 0) is 16.0 Å². The number of β-amino-alcohol motifs (C(OH)–C–C–N with tert-alkyl or cyclic N) is 1. The number of carbonyl (C=O) groups excluding carboxylic acids is 1. The van der Waals surface area contributed by atoms with E-state index in [1.165, 1.54) is 0 Å². The smallest absolute Gasteiger partial charge is 0.223 e. The summed E-state index contributed by atoms with van der Waals surface area (Å²) in [6.45, 7) is 8.66. The van der Waals surface area contributed by atoms with Crippen molar-refractivity contribution in [3.63, 3.8) is 0 Å². The second kappa shape index (κ2) is 7.80. The van der Waals surface area contributed by atoms with Gasteiger partial charge in [-0.2, -0.15) is 0 Å². The minimum atomic E-state index is -0.817. The number of nitrogens with zero attached hydrogens (tertiary/aromatic N) is 4. The Morgan fingerprint density at radius 3 is 2.72 bits per heavy atom. The van der Waals surface area contributed by atoms with Crippen molar-refractivity contribution in [2.75, 3.05) is 45.9 Å². The molecule has 3 heterocycles. The van der Waals surface area contributed by atoms with Crippen LogP contribution in [-0.4, -0.2) is 82.5 Å². The molecule has 0 spiro atoms. The van der Waals surface area contributed by atoms with E-state index in [1.54, 1.807) is 4.90 Å². The van der Waals surface area contributed by atoms with Crippen molar-refractivity contribution in [3.05, 3.63) is 11.8 Å². The number of aromatic nitrogens is 2. The van der Waals surface area contributed by atoms with E-state index >= 15 is 0 Å². The Balaban J connectivity index is 1.46. The van der Waals surface area contributed by atoms with E-state index in [2.05, 4.69) is 15.1 Å². The number of aliphatic hydroxyl groups is 1. The predicted octanol–water partition coefficient (Wildman–Crippen LogP) is 0.421. The van der Waals surface area contributed by atoms with Crippen LogP contribution in [0.25, 0.3) is 0 Å². The van der Waals surface area contributed by atoms with Crippen molar-refractivity contribution < 1.29 is 19.1 Å². The molecule has 3 rings (SSSR count). The van der Waals surface area contributed by atoms with Crippen molar-refractivity contribution in [2.45, 2.75) is 44.6 Å². The van der Waals surface area contributed by atoms with E-state index in [4.69, 9.17) is 9.15 Å². The van der Waals surface area contributed by atoms with Gasteiger partial charge in [0.1, 0.15) is 0 Å². The van der Waals surface area contributed by atoms with E-state index in [0.717, 1.165) is 13.1 Å². The van der Waals surface area contributed by atoms with Crippen LogP contribution >= 0.6 is 0 Å². The first kappa shape index (κ1) is 18.3. The molecule has 8 heteroatoms. The molecule has 2 aliphatic heterocycles. The fourth-order valence-electron chi connectivity index (χ4n) is 3.35. The summed E-state index contributed by atoms with van der Waals surface area (Å²) in [5.41, 5.74) is -0.817. The Kier molecular flexibility index (Phi) is 5.71. The monoisotopic (exact) mass is 352 g/mol. The van der Waals surface area contributed by atoms with Gasteiger partial charge < -0.3 is 19.2 Å². The topological polar surface area (TPSA) is 91.9 Å². The van der Waals surface area contributed by atoms with Gasteiger partial charge in [-0.25, -0.2) is 0 Å². The molecule has 0 bridgehead atoms. The summed E-state index contributed by atoms with van der Waals surface area (Å²) in [5, 5.41) is 18.8. The average Bonchev–Trinajstić information content (AvgIpc) is 3.21. The third-order valence-corrected chi connectivity index (χ3v) is 4.84. The molecule has 2 aliphatic rings. The normalized spacial score (nSPS) is 25.0. The predicted molar refractivity (Wildman–Crippen MR) is 90.1 cm³/mol. The Hall–Kier alpha value is -1.51. The van der Waals surface area contributed by atoms with E-state index in [0.29, 0.717) is 63.9 Å². The highest BCUT2D eigenvalue weighted by molar-refractivity contribution is 5.76. The molecule has 0 radical (unpaired) electrons. The number of ether oxygens (including phenoxy) is 1. The molecular weight excluding hydrogens is 324 g/mol. The van der Waals surface area contributed by atoms with Gasteiger partial charge in [-0.05, 0) is 6.42 Å². The summed E-state index contributed by atoms with van der Waals surface area (Å²) in [4.78, 5) is 16.4. The van der Waals surface area contributed by atoms with Crippen molar-refractivity contribution >= 4 is 5.91 Å². The van der Waals surface area contributed by atoms with E-state index in [-0.39, 0.29) is 11.8 Å². The second-order valence-corrected chi connectivity index (χ2v) is 7.37. The molecule has 1 N–H and O–H groups in total. The third-order valence-electron chi connectivity index (χ3n) is 4.84. The Bertz CT molecular complexity index is 585. The Morgan fingerprint density at radius 1 is 1.28 bits per heavy atom. The minimum Gasteiger partial charge on any atom is -0.425 e. The van der Waals surface area contributed by atoms with Gasteiger partial charge in [-0.1, -0.05) is 13.8 Å². The Morgan fingerprint density at radius 2 is 2.04 bits per heavy atom. The first-order valence-corrected chi connectivity index (χ1v) is 9.08. The molecule has 140 valence electrons. The number of amides is 1. The minimum absolute atomic E-state index is 0.0298.